The van der Waals surface area contributed by atoms with E-state index in [1.807, 2.05) is 0 Å². The summed E-state index contributed by atoms with van der Waals surface area (Å²) >= 11 is 0. The molecule has 0 spiro atoms. The topological polar surface area (TPSA) is 107 Å². The Morgan fingerprint density at radius 2 is 2.18 bits per heavy atom. The molecule has 1 aromatic heterocycles. The zero-order valence-corrected chi connectivity index (χ0v) is 12.4. The summed E-state index contributed by atoms with van der Waals surface area (Å²) in [5, 5.41) is 14.8. The first kappa shape index (κ1) is 14.5. The highest BCUT2D eigenvalue weighted by atomic mass is 32.2. The average Bonchev–Trinajstić information content (AvgIpc) is 3.18. The smallest absolute Gasteiger partial charge is 0.270 e. The van der Waals surface area contributed by atoms with Crippen molar-refractivity contribution >= 4 is 21.4 Å². The predicted octanol–water partition coefficient (Wildman–Crippen LogP) is 2.00. The number of benzene rings is 1. The fourth-order valence-electron chi connectivity index (χ4n) is 2.06. The van der Waals surface area contributed by atoms with E-state index in [1.54, 1.807) is 10.9 Å². The summed E-state index contributed by atoms with van der Waals surface area (Å²) in [5.41, 5.74) is 0.0689. The van der Waals surface area contributed by atoms with Crippen LogP contribution in [0.25, 0.3) is 0 Å². The predicted molar refractivity (Wildman–Crippen MR) is 78.9 cm³/mol. The molecule has 0 atom stereocenters. The molecule has 2 aromatic rings. The lowest BCUT2D eigenvalue weighted by Crippen LogP contribution is -2.12. The first-order valence-electron chi connectivity index (χ1n) is 6.74. The number of rotatable bonds is 6. The van der Waals surface area contributed by atoms with Crippen LogP contribution < -0.4 is 4.72 Å². The molecule has 116 valence electrons. The van der Waals surface area contributed by atoms with Crippen LogP contribution in [0.15, 0.2) is 41.6 Å². The number of sulfonamides is 1. The monoisotopic (exact) mass is 322 g/mol. The molecule has 1 fully saturated rings. The summed E-state index contributed by atoms with van der Waals surface area (Å²) in [7, 11) is -3.88. The van der Waals surface area contributed by atoms with E-state index in [0.717, 1.165) is 12.6 Å². The van der Waals surface area contributed by atoms with Gasteiger partial charge in [0, 0.05) is 24.9 Å². The van der Waals surface area contributed by atoms with Crippen LogP contribution >= 0.6 is 0 Å². The number of nitro groups is 1. The van der Waals surface area contributed by atoms with Gasteiger partial charge >= 0.3 is 0 Å². The van der Waals surface area contributed by atoms with Crippen molar-refractivity contribution in [2.24, 2.45) is 5.92 Å². The Labute approximate surface area is 127 Å². The van der Waals surface area contributed by atoms with Crippen molar-refractivity contribution in [3.8, 4) is 0 Å². The van der Waals surface area contributed by atoms with Crippen LogP contribution in [0.4, 0.5) is 11.4 Å². The number of hydrogen-bond acceptors (Lipinski definition) is 5. The van der Waals surface area contributed by atoms with E-state index in [1.165, 1.54) is 37.2 Å². The number of nitrogens with one attached hydrogen (secondary N) is 1. The Morgan fingerprint density at radius 3 is 2.86 bits per heavy atom. The summed E-state index contributed by atoms with van der Waals surface area (Å²) in [6.07, 6.45) is 5.40. The number of non-ortho nitro benzene ring substituents is 1. The quantitative estimate of drug-likeness (QED) is 0.646. The van der Waals surface area contributed by atoms with Crippen LogP contribution in [0, 0.1) is 16.0 Å². The van der Waals surface area contributed by atoms with Crippen LogP contribution in [0.5, 0.6) is 0 Å². The van der Waals surface area contributed by atoms with Gasteiger partial charge in [0.05, 0.1) is 21.7 Å². The van der Waals surface area contributed by atoms with E-state index >= 15 is 0 Å². The van der Waals surface area contributed by atoms with E-state index in [9.17, 15) is 18.5 Å². The van der Waals surface area contributed by atoms with Crippen molar-refractivity contribution in [2.45, 2.75) is 24.3 Å². The van der Waals surface area contributed by atoms with Crippen molar-refractivity contribution in [3.05, 3.63) is 46.8 Å². The third-order valence-electron chi connectivity index (χ3n) is 3.37. The van der Waals surface area contributed by atoms with Gasteiger partial charge in [0.1, 0.15) is 0 Å². The van der Waals surface area contributed by atoms with E-state index in [4.69, 9.17) is 0 Å². The van der Waals surface area contributed by atoms with Crippen molar-refractivity contribution in [2.75, 3.05) is 4.72 Å². The Balaban J connectivity index is 1.79. The minimum Gasteiger partial charge on any atom is -0.276 e. The second-order valence-electron chi connectivity index (χ2n) is 5.25. The average molecular weight is 322 g/mol. The van der Waals surface area contributed by atoms with E-state index < -0.39 is 14.9 Å². The minimum atomic E-state index is -3.88. The molecule has 1 N–H and O–H groups in total. The van der Waals surface area contributed by atoms with E-state index in [-0.39, 0.29) is 10.6 Å². The number of nitro benzene ring substituents is 1. The Bertz CT molecular complexity index is 811. The molecule has 1 aliphatic rings. The van der Waals surface area contributed by atoms with Gasteiger partial charge in [-0.15, -0.1) is 0 Å². The second-order valence-corrected chi connectivity index (χ2v) is 6.94. The second kappa shape index (κ2) is 5.41. The molecule has 0 saturated heterocycles. The zero-order valence-electron chi connectivity index (χ0n) is 11.5. The summed E-state index contributed by atoms with van der Waals surface area (Å²) < 4.78 is 28.6. The van der Waals surface area contributed by atoms with Crippen molar-refractivity contribution < 1.29 is 13.3 Å². The molecule has 1 saturated carbocycles. The standard InChI is InChI=1S/C13H14N4O4S/c18-17(19)12-2-1-3-13(6-12)22(20,21)15-11-7-14-16(9-11)8-10-4-5-10/h1-3,6-7,9-10,15H,4-5,8H2. The molecule has 8 nitrogen and oxygen atoms in total. The molecular weight excluding hydrogens is 308 g/mol. The van der Waals surface area contributed by atoms with Crippen molar-refractivity contribution in [1.29, 1.82) is 0 Å². The summed E-state index contributed by atoms with van der Waals surface area (Å²) in [5.74, 6) is 0.626. The molecule has 22 heavy (non-hydrogen) atoms. The highest BCUT2D eigenvalue weighted by Crippen LogP contribution is 2.30. The van der Waals surface area contributed by atoms with Crippen molar-refractivity contribution in [1.82, 2.24) is 9.78 Å². The number of hydrogen-bond donors (Lipinski definition) is 1. The van der Waals surface area contributed by atoms with Gasteiger partial charge in [-0.2, -0.15) is 5.10 Å². The molecule has 1 aliphatic carbocycles. The van der Waals surface area contributed by atoms with Gasteiger partial charge in [-0.3, -0.25) is 19.5 Å². The van der Waals surface area contributed by atoms with Crippen LogP contribution in [0.2, 0.25) is 0 Å². The zero-order chi connectivity index (χ0) is 15.7. The lowest BCUT2D eigenvalue weighted by molar-refractivity contribution is -0.385. The highest BCUT2D eigenvalue weighted by Gasteiger charge is 2.23. The number of nitrogens with zero attached hydrogens (tertiary/aromatic N) is 3. The molecule has 3 rings (SSSR count). The molecule has 0 amide bonds. The van der Waals surface area contributed by atoms with Gasteiger partial charge < -0.3 is 0 Å². The molecule has 1 heterocycles. The van der Waals surface area contributed by atoms with Gasteiger partial charge in [0.15, 0.2) is 0 Å². The molecule has 0 aliphatic heterocycles. The number of aromatic nitrogens is 2. The SMILES string of the molecule is O=[N+]([O-])c1cccc(S(=O)(=O)Nc2cnn(CC3CC3)c2)c1. The first-order chi connectivity index (χ1) is 10.4. The summed E-state index contributed by atoms with van der Waals surface area (Å²) in [6.45, 7) is 0.776. The van der Waals surface area contributed by atoms with Crippen LogP contribution in [0.1, 0.15) is 12.8 Å². The third kappa shape index (κ3) is 3.25. The van der Waals surface area contributed by atoms with Crippen LogP contribution in [-0.2, 0) is 16.6 Å². The van der Waals surface area contributed by atoms with E-state index in [2.05, 4.69) is 9.82 Å². The maximum Gasteiger partial charge on any atom is 0.270 e. The minimum absolute atomic E-state index is 0.156. The van der Waals surface area contributed by atoms with Gasteiger partial charge in [-0.05, 0) is 24.8 Å². The molecule has 0 unspecified atom stereocenters. The molecule has 0 bridgehead atoms. The van der Waals surface area contributed by atoms with Crippen LogP contribution in [-0.4, -0.2) is 23.1 Å². The first-order valence-corrected chi connectivity index (χ1v) is 8.22. The van der Waals surface area contributed by atoms with Gasteiger partial charge in [0.2, 0.25) is 0 Å². The molecular formula is C13H14N4O4S. The third-order valence-corrected chi connectivity index (χ3v) is 4.75. The summed E-state index contributed by atoms with van der Waals surface area (Å²) in [4.78, 5) is 9.94. The molecule has 9 heteroatoms. The summed E-state index contributed by atoms with van der Waals surface area (Å²) in [6, 6.07) is 4.91. The fourth-order valence-corrected chi connectivity index (χ4v) is 3.13. The lowest BCUT2D eigenvalue weighted by atomic mass is 10.3. The van der Waals surface area contributed by atoms with Gasteiger partial charge in [-0.1, -0.05) is 6.07 Å². The van der Waals surface area contributed by atoms with Crippen LogP contribution in [0.3, 0.4) is 0 Å². The number of anilines is 1. The maximum absolute atomic E-state index is 12.2. The molecule has 0 radical (unpaired) electrons. The largest absolute Gasteiger partial charge is 0.276 e. The maximum atomic E-state index is 12.2. The Morgan fingerprint density at radius 1 is 1.41 bits per heavy atom. The molecule has 1 aromatic carbocycles. The highest BCUT2D eigenvalue weighted by molar-refractivity contribution is 7.92. The Hall–Kier alpha value is -2.42. The lowest BCUT2D eigenvalue weighted by Gasteiger charge is -2.05. The Kier molecular flexibility index (Phi) is 3.57. The van der Waals surface area contributed by atoms with Gasteiger partial charge in [0.25, 0.3) is 15.7 Å². The fraction of sp³-hybridized carbons (Fsp3) is 0.308. The normalized spacial score (nSPS) is 14.7. The van der Waals surface area contributed by atoms with Crippen molar-refractivity contribution in [3.63, 3.8) is 0 Å². The van der Waals surface area contributed by atoms with E-state index in [0.29, 0.717) is 11.6 Å². The van der Waals surface area contributed by atoms with Gasteiger partial charge in [-0.25, -0.2) is 8.42 Å².